The van der Waals surface area contributed by atoms with E-state index in [9.17, 15) is 4.79 Å². The molecular weight excluding hydrogens is 224 g/mol. The minimum Gasteiger partial charge on any atom is -0.393 e. The van der Waals surface area contributed by atoms with Crippen molar-refractivity contribution in [3.63, 3.8) is 0 Å². The molecule has 0 unspecified atom stereocenters. The minimum absolute atomic E-state index is 0.193. The SMILES string of the molecule is CC(C)(C)C(=O)ON1CCC(C(N)=S)CC1. The van der Waals surface area contributed by atoms with Gasteiger partial charge in [-0.3, -0.25) is 0 Å². The van der Waals surface area contributed by atoms with Gasteiger partial charge < -0.3 is 10.6 Å². The number of carbonyl (C=O) groups excluding carboxylic acids is 1. The van der Waals surface area contributed by atoms with Crippen molar-refractivity contribution in [2.24, 2.45) is 17.1 Å². The lowest BCUT2D eigenvalue weighted by Crippen LogP contribution is -2.41. The molecule has 92 valence electrons. The van der Waals surface area contributed by atoms with Crippen molar-refractivity contribution in [1.29, 1.82) is 0 Å². The van der Waals surface area contributed by atoms with Crippen LogP contribution in [-0.4, -0.2) is 29.1 Å². The lowest BCUT2D eigenvalue weighted by atomic mass is 9.97. The molecular formula is C11H20N2O2S. The molecule has 0 saturated carbocycles. The standard InChI is InChI=1S/C11H20N2O2S/c1-11(2,3)10(14)15-13-6-4-8(5-7-13)9(12)16/h8H,4-7H2,1-3H3,(H2,12,16). The zero-order chi connectivity index (χ0) is 12.3. The van der Waals surface area contributed by atoms with E-state index >= 15 is 0 Å². The second-order valence-electron chi connectivity index (χ2n) is 5.23. The van der Waals surface area contributed by atoms with E-state index < -0.39 is 5.41 Å². The van der Waals surface area contributed by atoms with Crippen molar-refractivity contribution >= 4 is 23.2 Å². The van der Waals surface area contributed by atoms with E-state index in [0.29, 0.717) is 24.0 Å². The van der Waals surface area contributed by atoms with Crippen LogP contribution in [0.25, 0.3) is 0 Å². The van der Waals surface area contributed by atoms with Crippen LogP contribution in [0.2, 0.25) is 0 Å². The largest absolute Gasteiger partial charge is 0.393 e. The number of nitrogens with zero attached hydrogens (tertiary/aromatic N) is 1. The molecule has 1 saturated heterocycles. The van der Waals surface area contributed by atoms with Crippen LogP contribution < -0.4 is 5.73 Å². The summed E-state index contributed by atoms with van der Waals surface area (Å²) in [6.07, 6.45) is 1.74. The second-order valence-corrected chi connectivity index (χ2v) is 5.71. The van der Waals surface area contributed by atoms with E-state index in [1.165, 1.54) is 0 Å². The minimum atomic E-state index is -0.458. The Labute approximate surface area is 102 Å². The van der Waals surface area contributed by atoms with Crippen LogP contribution in [0.5, 0.6) is 0 Å². The molecule has 0 bridgehead atoms. The highest BCUT2D eigenvalue weighted by Crippen LogP contribution is 2.21. The highest BCUT2D eigenvalue weighted by atomic mass is 32.1. The second kappa shape index (κ2) is 5.10. The van der Waals surface area contributed by atoms with E-state index in [4.69, 9.17) is 22.8 Å². The summed E-state index contributed by atoms with van der Waals surface area (Å²) in [7, 11) is 0. The number of carbonyl (C=O) groups is 1. The maximum atomic E-state index is 11.6. The van der Waals surface area contributed by atoms with Gasteiger partial charge >= 0.3 is 5.97 Å². The summed E-state index contributed by atoms with van der Waals surface area (Å²) in [5.41, 5.74) is 5.13. The average Bonchev–Trinajstić information content (AvgIpc) is 2.17. The first kappa shape index (κ1) is 13.4. The summed E-state index contributed by atoms with van der Waals surface area (Å²) in [5.74, 6) is 0.0980. The number of thiocarbonyl (C=S) groups is 1. The number of hydroxylamine groups is 2. The van der Waals surface area contributed by atoms with Gasteiger partial charge in [0.05, 0.1) is 10.4 Å². The van der Waals surface area contributed by atoms with Gasteiger partial charge in [-0.1, -0.05) is 12.2 Å². The Bertz CT molecular complexity index is 278. The molecule has 1 heterocycles. The first-order chi connectivity index (χ1) is 7.30. The third-order valence-electron chi connectivity index (χ3n) is 2.68. The summed E-state index contributed by atoms with van der Waals surface area (Å²) in [6, 6.07) is 0. The van der Waals surface area contributed by atoms with E-state index in [-0.39, 0.29) is 5.97 Å². The zero-order valence-corrected chi connectivity index (χ0v) is 11.0. The molecule has 0 aromatic carbocycles. The molecule has 0 atom stereocenters. The average molecular weight is 244 g/mol. The van der Waals surface area contributed by atoms with Crippen LogP contribution in [0.3, 0.4) is 0 Å². The molecule has 0 aromatic heterocycles. The number of nitrogens with two attached hydrogens (primary N) is 1. The summed E-state index contributed by atoms with van der Waals surface area (Å²) < 4.78 is 0. The van der Waals surface area contributed by atoms with Crippen LogP contribution >= 0.6 is 12.2 Å². The van der Waals surface area contributed by atoms with Crippen LogP contribution in [0.1, 0.15) is 33.6 Å². The van der Waals surface area contributed by atoms with Gasteiger partial charge in [0.15, 0.2) is 0 Å². The fourth-order valence-electron chi connectivity index (χ4n) is 1.49. The summed E-state index contributed by atoms with van der Waals surface area (Å²) in [4.78, 5) is 17.5. The van der Waals surface area contributed by atoms with Gasteiger partial charge in [-0.05, 0) is 33.6 Å². The number of hydrogen-bond donors (Lipinski definition) is 1. The Hall–Kier alpha value is -0.680. The van der Waals surface area contributed by atoms with Crippen molar-refractivity contribution in [3.05, 3.63) is 0 Å². The summed E-state index contributed by atoms with van der Waals surface area (Å²) >= 11 is 4.95. The highest BCUT2D eigenvalue weighted by Gasteiger charge is 2.28. The first-order valence-corrected chi connectivity index (χ1v) is 5.98. The Morgan fingerprint density at radius 2 is 1.88 bits per heavy atom. The van der Waals surface area contributed by atoms with Gasteiger partial charge in [-0.25, -0.2) is 4.79 Å². The molecule has 0 amide bonds. The smallest absolute Gasteiger partial charge is 0.330 e. The Morgan fingerprint density at radius 1 is 1.38 bits per heavy atom. The summed E-state index contributed by atoms with van der Waals surface area (Å²) in [6.45, 7) is 6.96. The molecule has 2 N–H and O–H groups in total. The van der Waals surface area contributed by atoms with E-state index in [2.05, 4.69) is 0 Å². The molecule has 4 nitrogen and oxygen atoms in total. The van der Waals surface area contributed by atoms with E-state index in [1.54, 1.807) is 5.06 Å². The number of hydrogen-bond acceptors (Lipinski definition) is 4. The molecule has 0 aromatic rings. The topological polar surface area (TPSA) is 55.6 Å². The third-order valence-corrected chi connectivity index (χ3v) is 3.01. The molecule has 1 aliphatic heterocycles. The van der Waals surface area contributed by atoms with Gasteiger partial charge in [0.2, 0.25) is 0 Å². The summed E-state index contributed by atoms with van der Waals surface area (Å²) in [5, 5.41) is 1.71. The van der Waals surface area contributed by atoms with Gasteiger partial charge in [-0.15, -0.1) is 5.06 Å². The molecule has 0 spiro atoms. The highest BCUT2D eigenvalue weighted by molar-refractivity contribution is 7.80. The van der Waals surface area contributed by atoms with Crippen molar-refractivity contribution in [2.45, 2.75) is 33.6 Å². The lowest BCUT2D eigenvalue weighted by Gasteiger charge is -2.31. The van der Waals surface area contributed by atoms with Gasteiger partial charge in [0.1, 0.15) is 0 Å². The monoisotopic (exact) mass is 244 g/mol. The first-order valence-electron chi connectivity index (χ1n) is 5.57. The Balaban J connectivity index is 2.38. The predicted molar refractivity (Wildman–Crippen MR) is 66.6 cm³/mol. The Morgan fingerprint density at radius 3 is 2.25 bits per heavy atom. The van der Waals surface area contributed by atoms with Crippen LogP contribution in [0, 0.1) is 11.3 Å². The molecule has 5 heteroatoms. The zero-order valence-electron chi connectivity index (χ0n) is 10.2. The van der Waals surface area contributed by atoms with Crippen LogP contribution in [0.4, 0.5) is 0 Å². The van der Waals surface area contributed by atoms with E-state index in [1.807, 2.05) is 20.8 Å². The molecule has 1 aliphatic rings. The fraction of sp³-hybridized carbons (Fsp3) is 0.818. The van der Waals surface area contributed by atoms with Gasteiger partial charge in [-0.2, -0.15) is 0 Å². The molecule has 1 fully saturated rings. The molecule has 0 radical (unpaired) electrons. The number of rotatable bonds is 2. The van der Waals surface area contributed by atoms with Crippen molar-refractivity contribution in [3.8, 4) is 0 Å². The third kappa shape index (κ3) is 3.72. The number of piperidine rings is 1. The maximum Gasteiger partial charge on any atom is 0.330 e. The maximum absolute atomic E-state index is 11.6. The van der Waals surface area contributed by atoms with Gasteiger partial charge in [0.25, 0.3) is 0 Å². The lowest BCUT2D eigenvalue weighted by molar-refractivity contribution is -0.204. The van der Waals surface area contributed by atoms with Crippen molar-refractivity contribution < 1.29 is 9.63 Å². The normalized spacial score (nSPS) is 19.4. The van der Waals surface area contributed by atoms with E-state index in [0.717, 1.165) is 12.8 Å². The van der Waals surface area contributed by atoms with Crippen molar-refractivity contribution in [1.82, 2.24) is 5.06 Å². The molecule has 1 rings (SSSR count). The fourth-order valence-corrected chi connectivity index (χ4v) is 1.72. The quantitative estimate of drug-likeness (QED) is 0.746. The molecule has 0 aliphatic carbocycles. The van der Waals surface area contributed by atoms with Gasteiger partial charge in [0, 0.05) is 19.0 Å². The molecule has 16 heavy (non-hydrogen) atoms. The van der Waals surface area contributed by atoms with Crippen LogP contribution in [-0.2, 0) is 9.63 Å². The van der Waals surface area contributed by atoms with Crippen LogP contribution in [0.15, 0.2) is 0 Å². The van der Waals surface area contributed by atoms with Crippen molar-refractivity contribution in [2.75, 3.05) is 13.1 Å². The Kier molecular flexibility index (Phi) is 4.27. The predicted octanol–water partition coefficient (Wildman–Crippen LogP) is 1.49.